The minimum absolute atomic E-state index is 0.230. The Morgan fingerprint density at radius 2 is 1.45 bits per heavy atom. The molecule has 3 N–H and O–H groups in total. The summed E-state index contributed by atoms with van der Waals surface area (Å²) in [6.07, 6.45) is 0. The Bertz CT molecular complexity index is 1590. The number of nitrogens with one attached hydrogen (secondary N) is 3. The van der Waals surface area contributed by atoms with Gasteiger partial charge in [-0.3, -0.25) is 4.79 Å². The number of nitrogens with zero attached hydrogens (tertiary/aromatic N) is 3. The highest BCUT2D eigenvalue weighted by Gasteiger charge is 2.24. The number of benzene rings is 4. The van der Waals surface area contributed by atoms with E-state index < -0.39 is 6.03 Å². The molecule has 0 aromatic heterocycles. The predicted octanol–water partition coefficient (Wildman–Crippen LogP) is 5.47. The number of anilines is 4. The summed E-state index contributed by atoms with van der Waals surface area (Å²) in [5.74, 6) is 0.603. The number of urea groups is 1. The van der Waals surface area contributed by atoms with Gasteiger partial charge in [0.1, 0.15) is 5.75 Å². The van der Waals surface area contributed by atoms with Crippen molar-refractivity contribution in [3.05, 3.63) is 114 Å². The van der Waals surface area contributed by atoms with E-state index in [1.54, 1.807) is 43.5 Å². The first-order valence-electron chi connectivity index (χ1n) is 13.7. The van der Waals surface area contributed by atoms with E-state index in [0.717, 1.165) is 35.8 Å². The van der Waals surface area contributed by atoms with Gasteiger partial charge >= 0.3 is 6.03 Å². The van der Waals surface area contributed by atoms with Crippen LogP contribution < -0.4 is 30.5 Å². The summed E-state index contributed by atoms with van der Waals surface area (Å²) in [5, 5.41) is 17.7. The molecular weight excluding hydrogens is 528 g/mol. The van der Waals surface area contributed by atoms with Crippen LogP contribution in [0.4, 0.5) is 27.5 Å². The maximum Gasteiger partial charge on any atom is 0.323 e. The molecule has 0 saturated carbocycles. The van der Waals surface area contributed by atoms with Gasteiger partial charge in [-0.05, 0) is 54.1 Å². The van der Waals surface area contributed by atoms with E-state index in [0.29, 0.717) is 42.1 Å². The zero-order chi connectivity index (χ0) is 29.3. The molecule has 1 saturated heterocycles. The highest BCUT2D eigenvalue weighted by Crippen LogP contribution is 2.31. The maximum absolute atomic E-state index is 13.5. The van der Waals surface area contributed by atoms with E-state index in [2.05, 4.69) is 37.9 Å². The predicted molar refractivity (Wildman–Crippen MR) is 165 cm³/mol. The van der Waals surface area contributed by atoms with Gasteiger partial charge in [-0.15, -0.1) is 0 Å². The van der Waals surface area contributed by atoms with Crippen LogP contribution in [0.1, 0.15) is 21.5 Å². The second-order valence-electron chi connectivity index (χ2n) is 9.82. The number of nitriles is 1. The molecule has 4 aromatic rings. The van der Waals surface area contributed by atoms with Crippen LogP contribution in [0.3, 0.4) is 0 Å². The van der Waals surface area contributed by atoms with Crippen molar-refractivity contribution in [2.24, 2.45) is 0 Å². The first kappa shape index (κ1) is 28.1. The molecule has 0 aliphatic carbocycles. The van der Waals surface area contributed by atoms with E-state index in [-0.39, 0.29) is 5.91 Å². The molecule has 1 aliphatic rings. The Morgan fingerprint density at radius 1 is 0.786 bits per heavy atom. The normalized spacial score (nSPS) is 12.7. The molecule has 0 unspecified atom stereocenters. The minimum Gasteiger partial charge on any atom is -0.495 e. The molecule has 1 fully saturated rings. The van der Waals surface area contributed by atoms with Crippen LogP contribution in [0, 0.1) is 11.3 Å². The standard InChI is InChI=1S/C33H32N6O3/c1-42-31-13-6-5-12-30(31)39-18-16-38(17-19-39)29-15-14-27(37-33(41)36-26-11-7-10-25(20-26)22-34)21-28(29)32(40)35-23-24-8-3-2-4-9-24/h2-15,20-21H,16-19,23H2,1H3,(H,35,40)(H2,36,37,41). The van der Waals surface area contributed by atoms with Crippen LogP contribution >= 0.6 is 0 Å². The monoisotopic (exact) mass is 560 g/mol. The number of hydrogen-bond donors (Lipinski definition) is 3. The second-order valence-corrected chi connectivity index (χ2v) is 9.82. The number of para-hydroxylation sites is 2. The van der Waals surface area contributed by atoms with Crippen LogP contribution in [0.5, 0.6) is 5.75 Å². The number of ether oxygens (including phenoxy) is 1. The Balaban J connectivity index is 1.34. The number of methoxy groups -OCH3 is 1. The molecule has 3 amide bonds. The van der Waals surface area contributed by atoms with Gasteiger partial charge in [-0.25, -0.2) is 4.79 Å². The smallest absolute Gasteiger partial charge is 0.323 e. The lowest BCUT2D eigenvalue weighted by Gasteiger charge is -2.38. The number of amides is 3. The molecule has 0 radical (unpaired) electrons. The van der Waals surface area contributed by atoms with Crippen molar-refractivity contribution in [2.75, 3.05) is 53.7 Å². The number of rotatable bonds is 8. The number of carbonyl (C=O) groups excluding carboxylic acids is 2. The largest absolute Gasteiger partial charge is 0.495 e. The number of piperazine rings is 1. The first-order chi connectivity index (χ1) is 20.5. The van der Waals surface area contributed by atoms with Crippen LogP contribution in [0.25, 0.3) is 0 Å². The Morgan fingerprint density at radius 3 is 2.17 bits per heavy atom. The molecule has 5 rings (SSSR count). The van der Waals surface area contributed by atoms with Crippen LogP contribution in [-0.4, -0.2) is 45.2 Å². The SMILES string of the molecule is COc1ccccc1N1CCN(c2ccc(NC(=O)Nc3cccc(C#N)c3)cc2C(=O)NCc2ccccc2)CC1. The average molecular weight is 561 g/mol. The van der Waals surface area contributed by atoms with Crippen molar-refractivity contribution < 1.29 is 14.3 Å². The molecule has 0 bridgehead atoms. The third-order valence-electron chi connectivity index (χ3n) is 7.09. The van der Waals surface area contributed by atoms with Crippen molar-refractivity contribution in [3.8, 4) is 11.8 Å². The van der Waals surface area contributed by atoms with Crippen LogP contribution in [-0.2, 0) is 6.54 Å². The quantitative estimate of drug-likeness (QED) is 0.264. The van der Waals surface area contributed by atoms with Crippen molar-refractivity contribution in [3.63, 3.8) is 0 Å². The summed E-state index contributed by atoms with van der Waals surface area (Å²) >= 11 is 0. The summed E-state index contributed by atoms with van der Waals surface area (Å²) in [5.41, 5.74) is 4.73. The van der Waals surface area contributed by atoms with Crippen molar-refractivity contribution in [1.82, 2.24) is 5.32 Å². The topological polar surface area (TPSA) is 110 Å². The lowest BCUT2D eigenvalue weighted by Crippen LogP contribution is -2.47. The van der Waals surface area contributed by atoms with Crippen LogP contribution in [0.15, 0.2) is 97.1 Å². The summed E-state index contributed by atoms with van der Waals surface area (Å²) < 4.78 is 5.56. The molecule has 1 heterocycles. The third-order valence-corrected chi connectivity index (χ3v) is 7.09. The van der Waals surface area contributed by atoms with Crippen molar-refractivity contribution >= 4 is 34.7 Å². The fraction of sp³-hybridized carbons (Fsp3) is 0.182. The third kappa shape index (κ3) is 6.80. The van der Waals surface area contributed by atoms with Crippen molar-refractivity contribution in [2.45, 2.75) is 6.54 Å². The van der Waals surface area contributed by atoms with Gasteiger partial charge in [-0.1, -0.05) is 48.5 Å². The second kappa shape index (κ2) is 13.2. The highest BCUT2D eigenvalue weighted by molar-refractivity contribution is 6.04. The van der Waals surface area contributed by atoms with E-state index in [1.807, 2.05) is 54.6 Å². The minimum atomic E-state index is -0.473. The summed E-state index contributed by atoms with van der Waals surface area (Å²) in [4.78, 5) is 30.8. The Hall–Kier alpha value is -5.49. The van der Waals surface area contributed by atoms with Gasteiger partial charge in [0.15, 0.2) is 0 Å². The van der Waals surface area contributed by atoms with Gasteiger partial charge in [0.05, 0.1) is 30.0 Å². The van der Waals surface area contributed by atoms with E-state index in [9.17, 15) is 9.59 Å². The number of carbonyl (C=O) groups is 2. The van der Waals surface area contributed by atoms with E-state index in [4.69, 9.17) is 10.00 Å². The van der Waals surface area contributed by atoms with Gasteiger partial charge in [-0.2, -0.15) is 5.26 Å². The molecule has 9 heteroatoms. The van der Waals surface area contributed by atoms with Gasteiger partial charge in [0, 0.05) is 49.8 Å². The molecule has 42 heavy (non-hydrogen) atoms. The number of hydrogen-bond acceptors (Lipinski definition) is 6. The molecule has 0 spiro atoms. The molecule has 1 aliphatic heterocycles. The molecule has 0 atom stereocenters. The summed E-state index contributed by atoms with van der Waals surface area (Å²) in [7, 11) is 1.68. The van der Waals surface area contributed by atoms with Crippen molar-refractivity contribution in [1.29, 1.82) is 5.26 Å². The van der Waals surface area contributed by atoms with E-state index in [1.165, 1.54) is 0 Å². The van der Waals surface area contributed by atoms with Gasteiger partial charge in [0.25, 0.3) is 5.91 Å². The fourth-order valence-corrected chi connectivity index (χ4v) is 4.98. The summed E-state index contributed by atoms with van der Waals surface area (Å²) in [6, 6.07) is 31.3. The van der Waals surface area contributed by atoms with Crippen LogP contribution in [0.2, 0.25) is 0 Å². The fourth-order valence-electron chi connectivity index (χ4n) is 4.98. The highest BCUT2D eigenvalue weighted by atomic mass is 16.5. The first-order valence-corrected chi connectivity index (χ1v) is 13.7. The Labute approximate surface area is 245 Å². The maximum atomic E-state index is 13.5. The van der Waals surface area contributed by atoms with Gasteiger partial charge < -0.3 is 30.5 Å². The molecule has 212 valence electrons. The lowest BCUT2D eigenvalue weighted by atomic mass is 10.1. The average Bonchev–Trinajstić information content (AvgIpc) is 3.04. The zero-order valence-electron chi connectivity index (χ0n) is 23.3. The summed E-state index contributed by atoms with van der Waals surface area (Å²) in [6.45, 7) is 3.32. The van der Waals surface area contributed by atoms with E-state index >= 15 is 0 Å². The molecule has 4 aromatic carbocycles. The van der Waals surface area contributed by atoms with Gasteiger partial charge in [0.2, 0.25) is 0 Å². The zero-order valence-corrected chi connectivity index (χ0v) is 23.3. The lowest BCUT2D eigenvalue weighted by molar-refractivity contribution is 0.0951. The Kier molecular flexibility index (Phi) is 8.85. The molecule has 9 nitrogen and oxygen atoms in total. The molecular formula is C33H32N6O3.